The number of amides is 1. The number of carbonyl (C=O) groups excluding carboxylic acids is 2. The lowest BCUT2D eigenvalue weighted by Gasteiger charge is -2.24. The predicted octanol–water partition coefficient (Wildman–Crippen LogP) is 6.48. The highest BCUT2D eigenvalue weighted by atomic mass is 32.1. The van der Waals surface area contributed by atoms with Gasteiger partial charge in [0.05, 0.1) is 6.54 Å². The van der Waals surface area contributed by atoms with Crippen molar-refractivity contribution < 1.29 is 22.8 Å². The third-order valence-electron chi connectivity index (χ3n) is 7.18. The molecule has 0 N–H and O–H groups in total. The summed E-state index contributed by atoms with van der Waals surface area (Å²) in [6, 6.07) is 17.1. The van der Waals surface area contributed by atoms with Gasteiger partial charge in [-0.1, -0.05) is 36.4 Å². The third kappa shape index (κ3) is 5.38. The number of carbonyl (C=O) groups is 2. The van der Waals surface area contributed by atoms with Crippen molar-refractivity contribution in [2.24, 2.45) is 5.92 Å². The lowest BCUT2D eigenvalue weighted by Crippen LogP contribution is -2.35. The van der Waals surface area contributed by atoms with E-state index >= 15 is 0 Å². The molecule has 2 heterocycles. The molecule has 5 rings (SSSR count). The average Bonchev–Trinajstić information content (AvgIpc) is 3.50. The molecule has 1 amide bonds. The van der Waals surface area contributed by atoms with Crippen LogP contribution in [-0.2, 0) is 41.6 Å². The van der Waals surface area contributed by atoms with Crippen molar-refractivity contribution >= 4 is 38.8 Å². The van der Waals surface area contributed by atoms with E-state index in [0.717, 1.165) is 22.1 Å². The van der Waals surface area contributed by atoms with Crippen molar-refractivity contribution in [3.8, 4) is 0 Å². The Morgan fingerprint density at radius 3 is 2.53 bits per heavy atom. The number of hydrogen-bond donors (Lipinski definition) is 0. The third-order valence-corrected chi connectivity index (χ3v) is 8.19. The molecule has 0 bridgehead atoms. The fourth-order valence-electron chi connectivity index (χ4n) is 5.29. The lowest BCUT2D eigenvalue weighted by molar-refractivity contribution is -0.142. The average molecular weight is 540 g/mol. The minimum Gasteiger partial charge on any atom is -0.315 e. The van der Waals surface area contributed by atoms with E-state index in [1.54, 1.807) is 23.3 Å². The molecule has 38 heavy (non-hydrogen) atoms. The molecule has 0 aliphatic heterocycles. The lowest BCUT2D eigenvalue weighted by atomic mass is 9.92. The first-order valence-corrected chi connectivity index (χ1v) is 13.6. The quantitative estimate of drug-likeness (QED) is 0.258. The minimum atomic E-state index is -4.56. The minimum absolute atomic E-state index is 0.0871. The van der Waals surface area contributed by atoms with Gasteiger partial charge in [-0.25, -0.2) is 0 Å². The normalized spacial score (nSPS) is 14.3. The molecule has 1 atom stereocenters. The summed E-state index contributed by atoms with van der Waals surface area (Å²) in [6.07, 6.45) is -2.08. The van der Waals surface area contributed by atoms with Gasteiger partial charge in [0, 0.05) is 41.0 Å². The Labute approximate surface area is 222 Å². The van der Waals surface area contributed by atoms with Gasteiger partial charge in [-0.05, 0) is 66.6 Å². The van der Waals surface area contributed by atoms with E-state index in [0.29, 0.717) is 37.1 Å². The molecule has 0 radical (unpaired) electrons. The van der Waals surface area contributed by atoms with Gasteiger partial charge in [-0.3, -0.25) is 14.3 Å². The monoisotopic (exact) mass is 539 g/mol. The number of hydrogen-bond acceptors (Lipinski definition) is 4. The van der Waals surface area contributed by atoms with E-state index in [4.69, 9.17) is 0 Å². The molecule has 0 unspecified atom stereocenters. The first-order chi connectivity index (χ1) is 18.2. The van der Waals surface area contributed by atoms with Gasteiger partial charge < -0.3 is 4.90 Å². The van der Waals surface area contributed by atoms with Gasteiger partial charge >= 0.3 is 6.18 Å². The molecule has 198 valence electrons. The van der Waals surface area contributed by atoms with E-state index in [-0.39, 0.29) is 30.2 Å². The van der Waals surface area contributed by atoms with Gasteiger partial charge in [0.2, 0.25) is 5.91 Å². The maximum atomic E-state index is 13.7. The first-order valence-electron chi connectivity index (χ1n) is 12.7. The summed E-state index contributed by atoms with van der Waals surface area (Å²) in [6.45, 7) is -0.276. The van der Waals surface area contributed by atoms with Crippen molar-refractivity contribution in [1.29, 1.82) is 0 Å². The molecule has 9 heteroatoms. The van der Waals surface area contributed by atoms with Crippen LogP contribution in [0.5, 0.6) is 0 Å². The summed E-state index contributed by atoms with van der Waals surface area (Å²) in [5.74, 6) is -1.19. The van der Waals surface area contributed by atoms with E-state index in [2.05, 4.69) is 5.10 Å². The van der Waals surface area contributed by atoms with Crippen LogP contribution in [0.1, 0.15) is 41.8 Å². The molecule has 2 aromatic heterocycles. The zero-order chi connectivity index (χ0) is 26.9. The highest BCUT2D eigenvalue weighted by Gasteiger charge is 2.40. The number of benzene rings is 2. The summed E-state index contributed by atoms with van der Waals surface area (Å²) >= 11 is 1.58. The molecule has 4 aromatic rings. The van der Waals surface area contributed by atoms with Crippen LogP contribution in [0.4, 0.5) is 18.9 Å². The summed E-state index contributed by atoms with van der Waals surface area (Å²) in [5, 5.41) is 6.89. The zero-order valence-corrected chi connectivity index (χ0v) is 21.8. The van der Waals surface area contributed by atoms with Crippen LogP contribution in [0.2, 0.25) is 0 Å². The largest absolute Gasteiger partial charge is 0.435 e. The summed E-state index contributed by atoms with van der Waals surface area (Å²) < 4.78 is 43.2. The van der Waals surface area contributed by atoms with Gasteiger partial charge in [-0.2, -0.15) is 18.3 Å². The van der Waals surface area contributed by atoms with Gasteiger partial charge in [0.1, 0.15) is 0 Å². The van der Waals surface area contributed by atoms with Crippen LogP contribution in [0.25, 0.3) is 10.1 Å². The second kappa shape index (κ2) is 10.7. The fourth-order valence-corrected chi connectivity index (χ4v) is 6.27. The maximum Gasteiger partial charge on any atom is 0.435 e. The number of nitrogens with zero attached hydrogens (tertiary/aromatic N) is 3. The van der Waals surface area contributed by atoms with Crippen LogP contribution in [0.15, 0.2) is 60.0 Å². The molecule has 0 saturated carbocycles. The predicted molar refractivity (Wildman–Crippen MR) is 142 cm³/mol. The highest BCUT2D eigenvalue weighted by molar-refractivity contribution is 7.17. The Balaban J connectivity index is 1.41. The highest BCUT2D eigenvalue weighted by Crippen LogP contribution is 2.36. The number of para-hydroxylation sites is 1. The van der Waals surface area contributed by atoms with Crippen LogP contribution in [0, 0.1) is 5.92 Å². The smallest absolute Gasteiger partial charge is 0.315 e. The van der Waals surface area contributed by atoms with Crippen LogP contribution < -0.4 is 4.90 Å². The van der Waals surface area contributed by atoms with Gasteiger partial charge in [-0.15, -0.1) is 11.3 Å². The number of ketones is 1. The van der Waals surface area contributed by atoms with Crippen molar-refractivity contribution in [3.63, 3.8) is 0 Å². The van der Waals surface area contributed by atoms with Crippen LogP contribution in [-0.4, -0.2) is 28.5 Å². The van der Waals surface area contributed by atoms with Gasteiger partial charge in [0.25, 0.3) is 0 Å². The Hall–Kier alpha value is -3.46. The molecule has 1 aliphatic carbocycles. The number of fused-ring (bicyclic) bond motifs is 2. The number of alkyl halides is 3. The van der Waals surface area contributed by atoms with Crippen molar-refractivity contribution in [3.05, 3.63) is 82.5 Å². The van der Waals surface area contributed by atoms with Crippen LogP contribution >= 0.6 is 11.3 Å². The molecular weight excluding hydrogens is 511 g/mol. The molecule has 0 saturated heterocycles. The van der Waals surface area contributed by atoms with Crippen molar-refractivity contribution in [2.75, 3.05) is 11.9 Å². The molecule has 0 spiro atoms. The summed E-state index contributed by atoms with van der Waals surface area (Å²) in [7, 11) is 1.68. The van der Waals surface area contributed by atoms with E-state index in [1.165, 1.54) is 4.68 Å². The Bertz CT molecular complexity index is 1460. The number of halogens is 3. The number of anilines is 1. The molecule has 5 nitrogen and oxygen atoms in total. The second-order valence-corrected chi connectivity index (χ2v) is 10.7. The van der Waals surface area contributed by atoms with Crippen molar-refractivity contribution in [2.45, 2.75) is 51.2 Å². The van der Waals surface area contributed by atoms with Crippen LogP contribution in [0.3, 0.4) is 0 Å². The summed E-state index contributed by atoms with van der Waals surface area (Å²) in [4.78, 5) is 28.5. The topological polar surface area (TPSA) is 55.2 Å². The Morgan fingerprint density at radius 1 is 1.05 bits per heavy atom. The summed E-state index contributed by atoms with van der Waals surface area (Å²) in [5.41, 5.74) is 1.50. The standard InChI is InChI=1S/C29H28F3N3O2S/c1-34(21-9-3-2-4-10-21)28(37)19(15-20-18-38-26-14-8-6-11-23(20)26)16-22(36)17-35-25-13-7-5-12-24(25)27(33-35)29(30,31)32/h2-4,6,8-11,14,18-19H,5,7,12-13,15-17H2,1H3/t19-/m1/s1. The number of Topliss-reactive ketones (excluding diaryl/α,β-unsaturated/α-hetero) is 1. The Morgan fingerprint density at radius 2 is 1.76 bits per heavy atom. The maximum absolute atomic E-state index is 13.7. The number of aromatic nitrogens is 2. The molecule has 1 aliphatic rings. The van der Waals surface area contributed by atoms with Gasteiger partial charge in [0.15, 0.2) is 11.5 Å². The SMILES string of the molecule is CN(C(=O)[C@@H](CC(=O)Cn1nc(C(F)(F)F)c2c1CCCC2)Cc1csc2ccccc12)c1ccccc1. The van der Waals surface area contributed by atoms with Crippen molar-refractivity contribution in [1.82, 2.24) is 9.78 Å². The van der Waals surface area contributed by atoms with E-state index < -0.39 is 17.8 Å². The zero-order valence-electron chi connectivity index (χ0n) is 21.0. The molecule has 0 fully saturated rings. The Kier molecular flexibility index (Phi) is 7.38. The number of rotatable bonds is 8. The molecular formula is C29H28F3N3O2S. The number of thiophene rings is 1. The fraction of sp³-hybridized carbons (Fsp3) is 0.345. The van der Waals surface area contributed by atoms with E-state index in [9.17, 15) is 22.8 Å². The first kappa shape index (κ1) is 26.2. The molecule has 2 aromatic carbocycles. The van der Waals surface area contributed by atoms with E-state index in [1.807, 2.05) is 60.0 Å². The second-order valence-electron chi connectivity index (χ2n) is 9.77.